The predicted molar refractivity (Wildman–Crippen MR) is 146 cm³/mol. The largest absolute Gasteiger partial charge is 0.355 e. The van der Waals surface area contributed by atoms with Crippen LogP contribution in [0.3, 0.4) is 0 Å². The second-order valence-electron chi connectivity index (χ2n) is 9.17. The highest BCUT2D eigenvalue weighted by Crippen LogP contribution is 2.35. The lowest BCUT2D eigenvalue weighted by Crippen LogP contribution is -1.99. The molecule has 1 saturated carbocycles. The molecule has 2 N–H and O–H groups in total. The summed E-state index contributed by atoms with van der Waals surface area (Å²) in [4.78, 5) is 10.4. The fourth-order valence-electron chi connectivity index (χ4n) is 4.32. The first kappa shape index (κ1) is 21.6. The van der Waals surface area contributed by atoms with Crippen LogP contribution in [0.2, 0.25) is 0 Å². The molecule has 0 atom stereocenters. The second-order valence-corrected chi connectivity index (χ2v) is 10.2. The molecular formula is C29H27N5S. The van der Waals surface area contributed by atoms with Gasteiger partial charge in [-0.05, 0) is 73.1 Å². The van der Waals surface area contributed by atoms with Crippen molar-refractivity contribution in [3.05, 3.63) is 103 Å². The van der Waals surface area contributed by atoms with E-state index in [1.165, 1.54) is 24.0 Å². The third-order valence-electron chi connectivity index (χ3n) is 6.50. The summed E-state index contributed by atoms with van der Waals surface area (Å²) in [6.45, 7) is 6.30. The van der Waals surface area contributed by atoms with Crippen LogP contribution < -0.4 is 10.6 Å². The van der Waals surface area contributed by atoms with Crippen LogP contribution in [0.25, 0.3) is 21.9 Å². The van der Waals surface area contributed by atoms with Gasteiger partial charge >= 0.3 is 0 Å². The molecule has 6 heteroatoms. The summed E-state index contributed by atoms with van der Waals surface area (Å²) in [5, 5.41) is 7.70. The zero-order valence-electron chi connectivity index (χ0n) is 19.7. The number of thiazole rings is 1. The molecule has 5 aromatic rings. The van der Waals surface area contributed by atoms with Gasteiger partial charge in [0.15, 0.2) is 5.13 Å². The van der Waals surface area contributed by atoms with E-state index in [1.807, 2.05) is 24.5 Å². The smallest absolute Gasteiger partial charge is 0.187 e. The van der Waals surface area contributed by atoms with E-state index in [1.54, 1.807) is 11.3 Å². The van der Waals surface area contributed by atoms with E-state index in [9.17, 15) is 0 Å². The maximum Gasteiger partial charge on any atom is 0.187 e. The molecule has 2 aromatic carbocycles. The average Bonchev–Trinajstić information content (AvgIpc) is 3.38. The second kappa shape index (κ2) is 9.04. The minimum absolute atomic E-state index is 0.836. The Morgan fingerprint density at radius 1 is 1.03 bits per heavy atom. The number of hydrogen-bond acceptors (Lipinski definition) is 5. The van der Waals surface area contributed by atoms with Gasteiger partial charge in [-0.3, -0.25) is 4.40 Å². The topological polar surface area (TPSA) is 54.2 Å². The normalized spacial score (nSPS) is 13.2. The molecule has 1 aliphatic rings. The number of imidazole rings is 1. The first-order valence-electron chi connectivity index (χ1n) is 11.9. The fraction of sp³-hybridized carbons (Fsp3) is 0.172. The van der Waals surface area contributed by atoms with Crippen molar-refractivity contribution in [3.8, 4) is 10.6 Å². The predicted octanol–water partition coefficient (Wildman–Crippen LogP) is 7.55. The van der Waals surface area contributed by atoms with E-state index < -0.39 is 0 Å². The molecular weight excluding hydrogens is 450 g/mol. The number of hydrogen-bond donors (Lipinski definition) is 2. The lowest BCUT2D eigenvalue weighted by atomic mass is 10.1. The molecule has 0 saturated heterocycles. The number of nitrogens with zero attached hydrogens (tertiary/aromatic N) is 3. The molecule has 6 rings (SSSR count). The molecule has 174 valence electrons. The summed E-state index contributed by atoms with van der Waals surface area (Å²) in [6.07, 6.45) is 9.79. The van der Waals surface area contributed by atoms with E-state index in [0.717, 1.165) is 56.3 Å². The summed E-state index contributed by atoms with van der Waals surface area (Å²) < 4.78 is 2.19. The van der Waals surface area contributed by atoms with E-state index in [-0.39, 0.29) is 0 Å². The molecule has 3 aromatic heterocycles. The summed E-state index contributed by atoms with van der Waals surface area (Å²) in [5.41, 5.74) is 8.65. The molecule has 35 heavy (non-hydrogen) atoms. The summed E-state index contributed by atoms with van der Waals surface area (Å²) >= 11 is 1.63. The standard InChI is InChI=1S/C29H27N5S/c1-19-6-3-4-8-25(19)32-20(2)22-11-13-24(14-12-22)33-29-31-18-27(35-29)26-17-30-28-23(16-21-9-10-21)7-5-15-34(26)28/h3-8,11-15,17-18,21,32H,2,9-10,16H2,1H3,(H,31,33). The van der Waals surface area contributed by atoms with Crippen molar-refractivity contribution >= 4 is 39.2 Å². The van der Waals surface area contributed by atoms with Crippen LogP contribution in [-0.4, -0.2) is 14.4 Å². The Bertz CT molecular complexity index is 1510. The van der Waals surface area contributed by atoms with E-state index in [4.69, 9.17) is 4.98 Å². The third kappa shape index (κ3) is 4.57. The fourth-order valence-corrected chi connectivity index (χ4v) is 5.16. The highest BCUT2D eigenvalue weighted by atomic mass is 32.1. The van der Waals surface area contributed by atoms with E-state index in [2.05, 4.69) is 88.2 Å². The quantitative estimate of drug-likeness (QED) is 0.242. The molecule has 5 nitrogen and oxygen atoms in total. The number of nitrogens with one attached hydrogen (secondary N) is 2. The highest BCUT2D eigenvalue weighted by molar-refractivity contribution is 7.18. The lowest BCUT2D eigenvalue weighted by molar-refractivity contribution is 0.831. The molecule has 0 aliphatic heterocycles. The van der Waals surface area contributed by atoms with Crippen LogP contribution in [0.4, 0.5) is 16.5 Å². The van der Waals surface area contributed by atoms with Crippen LogP contribution >= 0.6 is 11.3 Å². The monoisotopic (exact) mass is 477 g/mol. The lowest BCUT2D eigenvalue weighted by Gasteiger charge is -2.12. The molecule has 1 aliphatic carbocycles. The van der Waals surface area contributed by atoms with Crippen molar-refractivity contribution in [3.63, 3.8) is 0 Å². The van der Waals surface area contributed by atoms with Crippen molar-refractivity contribution < 1.29 is 0 Å². The number of benzene rings is 2. The Kier molecular flexibility index (Phi) is 5.58. The minimum atomic E-state index is 0.836. The van der Waals surface area contributed by atoms with Gasteiger partial charge < -0.3 is 10.6 Å². The number of pyridine rings is 1. The van der Waals surface area contributed by atoms with Crippen molar-refractivity contribution in [2.24, 2.45) is 5.92 Å². The molecule has 0 amide bonds. The maximum atomic E-state index is 4.74. The van der Waals surface area contributed by atoms with E-state index >= 15 is 0 Å². The van der Waals surface area contributed by atoms with Crippen molar-refractivity contribution in [1.29, 1.82) is 0 Å². The Morgan fingerprint density at radius 2 is 1.86 bits per heavy atom. The van der Waals surface area contributed by atoms with Crippen molar-refractivity contribution in [1.82, 2.24) is 14.4 Å². The number of aromatic nitrogens is 3. The Balaban J connectivity index is 1.16. The SMILES string of the molecule is C=C(Nc1ccccc1C)c1ccc(Nc2ncc(-c3cnc4c(CC5CC5)cccn34)s2)cc1. The van der Waals surface area contributed by atoms with Gasteiger partial charge in [-0.15, -0.1) is 0 Å². The first-order valence-corrected chi connectivity index (χ1v) is 12.8. The number of anilines is 3. The molecule has 0 spiro atoms. The van der Waals surface area contributed by atoms with Gasteiger partial charge in [0.05, 0.1) is 16.8 Å². The molecule has 0 unspecified atom stereocenters. The van der Waals surface area contributed by atoms with Gasteiger partial charge in [-0.1, -0.05) is 54.3 Å². The first-order chi connectivity index (χ1) is 17.1. The van der Waals surface area contributed by atoms with Crippen LogP contribution in [0, 0.1) is 12.8 Å². The Morgan fingerprint density at radius 3 is 2.66 bits per heavy atom. The van der Waals surface area contributed by atoms with Crippen LogP contribution in [0.1, 0.15) is 29.5 Å². The maximum absolute atomic E-state index is 4.74. The van der Waals surface area contributed by atoms with Gasteiger partial charge in [-0.2, -0.15) is 0 Å². The summed E-state index contributed by atoms with van der Waals surface area (Å²) in [7, 11) is 0. The molecule has 1 fully saturated rings. The van der Waals surface area contributed by atoms with Crippen LogP contribution in [0.15, 0.2) is 85.8 Å². The van der Waals surface area contributed by atoms with Gasteiger partial charge in [0, 0.05) is 29.5 Å². The number of aryl methyl sites for hydroxylation is 1. The van der Waals surface area contributed by atoms with E-state index in [0.29, 0.717) is 0 Å². The molecule has 3 heterocycles. The van der Waals surface area contributed by atoms with Gasteiger partial charge in [-0.25, -0.2) is 9.97 Å². The minimum Gasteiger partial charge on any atom is -0.355 e. The Labute approximate surface area is 209 Å². The number of para-hydroxylation sites is 1. The molecule has 0 radical (unpaired) electrons. The zero-order chi connectivity index (χ0) is 23.8. The van der Waals surface area contributed by atoms with Crippen LogP contribution in [0.5, 0.6) is 0 Å². The van der Waals surface area contributed by atoms with Crippen molar-refractivity contribution in [2.45, 2.75) is 26.2 Å². The van der Waals surface area contributed by atoms with Gasteiger partial charge in [0.1, 0.15) is 5.65 Å². The summed E-state index contributed by atoms with van der Waals surface area (Å²) in [5.74, 6) is 0.836. The molecule has 0 bridgehead atoms. The van der Waals surface area contributed by atoms with Crippen LogP contribution in [-0.2, 0) is 6.42 Å². The summed E-state index contributed by atoms with van der Waals surface area (Å²) in [6, 6.07) is 20.8. The number of rotatable bonds is 8. The van der Waals surface area contributed by atoms with Crippen molar-refractivity contribution in [2.75, 3.05) is 10.6 Å². The zero-order valence-corrected chi connectivity index (χ0v) is 20.5. The average molecular weight is 478 g/mol. The van der Waals surface area contributed by atoms with Gasteiger partial charge in [0.2, 0.25) is 0 Å². The van der Waals surface area contributed by atoms with Gasteiger partial charge in [0.25, 0.3) is 0 Å². The Hall–Kier alpha value is -3.90. The number of fused-ring (bicyclic) bond motifs is 1. The third-order valence-corrected chi connectivity index (χ3v) is 7.43. The highest BCUT2D eigenvalue weighted by Gasteiger charge is 2.23.